The summed E-state index contributed by atoms with van der Waals surface area (Å²) in [6.07, 6.45) is 4.38. The van der Waals surface area contributed by atoms with Crippen molar-refractivity contribution in [3.05, 3.63) is 93.8 Å². The maximum absolute atomic E-state index is 15.6. The first-order valence-corrected chi connectivity index (χ1v) is 16.7. The molecule has 2 fully saturated rings. The lowest BCUT2D eigenvalue weighted by atomic mass is 10.0. The number of carbonyl (C=O) groups excluding carboxylic acids is 2. The SMILES string of the molecule is COc1cc(-c2nccc(-c3cccc(Nc4cccc(CNC[C@H]5CCC(=O)N5)c4F)c3Cl)c2Cl)ccc1CNC[C@@H]1CCC(=O)N1. The second-order valence-corrected chi connectivity index (χ2v) is 12.7. The molecule has 2 atom stereocenters. The lowest BCUT2D eigenvalue weighted by Gasteiger charge is -2.17. The quantitative estimate of drug-likeness (QED) is 0.111. The molecule has 3 aromatic carbocycles. The number of hydrogen-bond acceptors (Lipinski definition) is 7. The van der Waals surface area contributed by atoms with Crippen molar-refractivity contribution in [2.24, 2.45) is 0 Å². The van der Waals surface area contributed by atoms with Crippen LogP contribution in [-0.2, 0) is 22.7 Å². The summed E-state index contributed by atoms with van der Waals surface area (Å²) >= 11 is 13.9. The Bertz CT molecular complexity index is 1820. The molecule has 1 aromatic heterocycles. The van der Waals surface area contributed by atoms with E-state index in [-0.39, 0.29) is 29.7 Å². The van der Waals surface area contributed by atoms with E-state index < -0.39 is 0 Å². The Morgan fingerprint density at radius 3 is 2.15 bits per heavy atom. The first kappa shape index (κ1) is 33.7. The van der Waals surface area contributed by atoms with E-state index in [4.69, 9.17) is 27.9 Å². The molecule has 0 spiro atoms. The summed E-state index contributed by atoms with van der Waals surface area (Å²) in [4.78, 5) is 27.5. The Morgan fingerprint density at radius 1 is 0.833 bits per heavy atom. The molecular formula is C36H37Cl2FN6O3. The summed E-state index contributed by atoms with van der Waals surface area (Å²) in [7, 11) is 1.62. The van der Waals surface area contributed by atoms with E-state index in [0.717, 1.165) is 24.0 Å². The van der Waals surface area contributed by atoms with Crippen LogP contribution < -0.4 is 31.3 Å². The van der Waals surface area contributed by atoms with Gasteiger partial charge in [-0.2, -0.15) is 0 Å². The molecule has 3 heterocycles. The molecule has 2 aliphatic rings. The molecule has 9 nitrogen and oxygen atoms in total. The van der Waals surface area contributed by atoms with Crippen molar-refractivity contribution < 1.29 is 18.7 Å². The monoisotopic (exact) mass is 690 g/mol. The molecule has 48 heavy (non-hydrogen) atoms. The highest BCUT2D eigenvalue weighted by atomic mass is 35.5. The van der Waals surface area contributed by atoms with Gasteiger partial charge in [0.1, 0.15) is 5.75 Å². The second kappa shape index (κ2) is 15.3. The number of aromatic nitrogens is 1. The van der Waals surface area contributed by atoms with Crippen LogP contribution >= 0.6 is 23.2 Å². The van der Waals surface area contributed by atoms with Crippen LogP contribution in [0.1, 0.15) is 36.8 Å². The Morgan fingerprint density at radius 2 is 1.48 bits per heavy atom. The minimum absolute atomic E-state index is 0.0505. The first-order valence-electron chi connectivity index (χ1n) is 16.0. The van der Waals surface area contributed by atoms with E-state index in [9.17, 15) is 9.59 Å². The third-order valence-electron chi connectivity index (χ3n) is 8.67. The van der Waals surface area contributed by atoms with Gasteiger partial charge in [-0.15, -0.1) is 0 Å². The van der Waals surface area contributed by atoms with E-state index in [1.165, 1.54) is 0 Å². The predicted molar refractivity (Wildman–Crippen MR) is 187 cm³/mol. The summed E-state index contributed by atoms with van der Waals surface area (Å²) in [6, 6.07) is 18.5. The summed E-state index contributed by atoms with van der Waals surface area (Å²) in [5.74, 6) is 0.447. The number of benzene rings is 3. The van der Waals surface area contributed by atoms with Crippen LogP contribution in [-0.4, -0.2) is 49.1 Å². The van der Waals surface area contributed by atoms with Crippen molar-refractivity contribution in [1.82, 2.24) is 26.3 Å². The number of nitrogens with one attached hydrogen (secondary N) is 5. The van der Waals surface area contributed by atoms with E-state index >= 15 is 4.39 Å². The molecule has 0 unspecified atom stereocenters. The Balaban J connectivity index is 1.17. The standard InChI is InChI=1S/C36H37Cl2FN6O3/c1-48-30-16-21(8-9-22(30)17-40-19-24-10-12-31(46)43-24)36-34(38)27(14-15-42-36)26-5-3-6-28(33(26)37)45-29-7-2-4-23(35(29)39)18-41-20-25-11-13-32(47)44-25/h2-9,14-16,24-25,40-41,45H,10-13,17-20H2,1H3,(H,43,46)(H,44,47)/t24-,25+/m0/s1. The average Bonchev–Trinajstić information content (AvgIpc) is 3.70. The molecule has 0 saturated carbocycles. The molecule has 4 aromatic rings. The van der Waals surface area contributed by atoms with Crippen LogP contribution in [0.25, 0.3) is 22.4 Å². The van der Waals surface area contributed by atoms with Gasteiger partial charge in [0, 0.05) is 85.1 Å². The maximum Gasteiger partial charge on any atom is 0.220 e. The zero-order valence-electron chi connectivity index (χ0n) is 26.5. The summed E-state index contributed by atoms with van der Waals surface area (Å²) in [5.41, 5.74) is 4.97. The van der Waals surface area contributed by atoms with Gasteiger partial charge in [0.25, 0.3) is 0 Å². The van der Waals surface area contributed by atoms with Gasteiger partial charge in [0.15, 0.2) is 5.82 Å². The molecule has 2 aliphatic heterocycles. The lowest BCUT2D eigenvalue weighted by molar-refractivity contribution is -0.120. The second-order valence-electron chi connectivity index (χ2n) is 12.0. The minimum atomic E-state index is -0.385. The molecule has 0 radical (unpaired) electrons. The first-order chi connectivity index (χ1) is 23.3. The summed E-state index contributed by atoms with van der Waals surface area (Å²) < 4.78 is 21.3. The number of carbonyl (C=O) groups is 2. The minimum Gasteiger partial charge on any atom is -0.496 e. The van der Waals surface area contributed by atoms with Crippen LogP contribution in [0.3, 0.4) is 0 Å². The highest BCUT2D eigenvalue weighted by Crippen LogP contribution is 2.42. The number of anilines is 2. The van der Waals surface area contributed by atoms with Crippen LogP contribution in [0.15, 0.2) is 66.9 Å². The van der Waals surface area contributed by atoms with Crippen molar-refractivity contribution >= 4 is 46.4 Å². The van der Waals surface area contributed by atoms with E-state index in [0.29, 0.717) is 88.6 Å². The van der Waals surface area contributed by atoms with Crippen molar-refractivity contribution in [2.75, 3.05) is 25.5 Å². The topological polar surface area (TPSA) is 116 Å². The zero-order chi connectivity index (χ0) is 33.6. The number of methoxy groups -OCH3 is 1. The number of ether oxygens (including phenoxy) is 1. The molecule has 12 heteroatoms. The Labute approximate surface area is 289 Å². The fourth-order valence-electron chi connectivity index (χ4n) is 6.11. The number of rotatable bonds is 13. The average molecular weight is 692 g/mol. The fraction of sp³-hybridized carbons (Fsp3) is 0.306. The van der Waals surface area contributed by atoms with Gasteiger partial charge in [-0.05, 0) is 37.1 Å². The predicted octanol–water partition coefficient (Wildman–Crippen LogP) is 6.35. The Hall–Kier alpha value is -4.22. The van der Waals surface area contributed by atoms with Gasteiger partial charge < -0.3 is 31.3 Å². The van der Waals surface area contributed by atoms with E-state index in [1.807, 2.05) is 30.3 Å². The largest absolute Gasteiger partial charge is 0.496 e. The fourth-order valence-corrected chi connectivity index (χ4v) is 6.71. The Kier molecular flexibility index (Phi) is 10.8. The summed E-state index contributed by atoms with van der Waals surface area (Å²) in [5, 5.41) is 16.5. The van der Waals surface area contributed by atoms with Gasteiger partial charge >= 0.3 is 0 Å². The lowest BCUT2D eigenvalue weighted by Crippen LogP contribution is -2.35. The molecule has 6 rings (SSSR count). The van der Waals surface area contributed by atoms with Gasteiger partial charge in [-0.1, -0.05) is 59.6 Å². The van der Waals surface area contributed by atoms with Gasteiger partial charge in [-0.3, -0.25) is 14.6 Å². The maximum atomic E-state index is 15.6. The number of hydrogen-bond donors (Lipinski definition) is 5. The van der Waals surface area contributed by atoms with Crippen LogP contribution in [0.4, 0.5) is 15.8 Å². The highest BCUT2D eigenvalue weighted by molar-refractivity contribution is 6.39. The number of amides is 2. The van der Waals surface area contributed by atoms with Crippen molar-refractivity contribution in [3.63, 3.8) is 0 Å². The zero-order valence-corrected chi connectivity index (χ0v) is 28.0. The third kappa shape index (κ3) is 7.73. The van der Waals surface area contributed by atoms with Crippen molar-refractivity contribution in [1.29, 1.82) is 0 Å². The summed E-state index contributed by atoms with van der Waals surface area (Å²) in [6.45, 7) is 2.14. The van der Waals surface area contributed by atoms with Crippen LogP contribution in [0.5, 0.6) is 5.75 Å². The number of nitrogens with zero attached hydrogens (tertiary/aromatic N) is 1. The number of pyridine rings is 1. The van der Waals surface area contributed by atoms with Gasteiger partial charge in [0.05, 0.1) is 34.2 Å². The van der Waals surface area contributed by atoms with Crippen LogP contribution in [0.2, 0.25) is 10.0 Å². The van der Waals surface area contributed by atoms with Crippen LogP contribution in [0, 0.1) is 5.82 Å². The van der Waals surface area contributed by atoms with Crippen molar-refractivity contribution in [3.8, 4) is 28.1 Å². The normalized spacial score (nSPS) is 17.3. The number of halogens is 3. The molecule has 0 aliphatic carbocycles. The highest BCUT2D eigenvalue weighted by Gasteiger charge is 2.22. The van der Waals surface area contributed by atoms with Crippen molar-refractivity contribution in [2.45, 2.75) is 50.9 Å². The molecule has 0 bridgehead atoms. The molecule has 2 amide bonds. The van der Waals surface area contributed by atoms with Gasteiger partial charge in [0.2, 0.25) is 11.8 Å². The molecule has 5 N–H and O–H groups in total. The van der Waals surface area contributed by atoms with E-state index in [1.54, 1.807) is 43.6 Å². The molecule has 250 valence electrons. The molecule has 2 saturated heterocycles. The third-order valence-corrected chi connectivity index (χ3v) is 9.46. The van der Waals surface area contributed by atoms with E-state index in [2.05, 4.69) is 31.6 Å². The molecular weight excluding hydrogens is 654 g/mol. The smallest absolute Gasteiger partial charge is 0.220 e. The van der Waals surface area contributed by atoms with Gasteiger partial charge in [-0.25, -0.2) is 4.39 Å².